The van der Waals surface area contributed by atoms with Crippen LogP contribution >= 0.6 is 0 Å². The summed E-state index contributed by atoms with van der Waals surface area (Å²) in [4.78, 5) is 28.0. The first-order valence-corrected chi connectivity index (χ1v) is 14.0. The van der Waals surface area contributed by atoms with Gasteiger partial charge in [-0.25, -0.2) is 4.79 Å². The number of carbonyl (C=O) groups excluding carboxylic acids is 2. The van der Waals surface area contributed by atoms with Gasteiger partial charge in [-0.15, -0.1) is 0 Å². The first kappa shape index (κ1) is 26.4. The molecule has 2 atom stereocenters. The van der Waals surface area contributed by atoms with Crippen LogP contribution < -0.4 is 25.0 Å². The van der Waals surface area contributed by atoms with Gasteiger partial charge in [0.1, 0.15) is 6.61 Å². The van der Waals surface area contributed by atoms with Gasteiger partial charge in [-0.05, 0) is 55.2 Å². The van der Waals surface area contributed by atoms with Crippen LogP contribution in [0.25, 0.3) is 0 Å². The predicted molar refractivity (Wildman–Crippen MR) is 158 cm³/mol. The molecule has 2 unspecified atom stereocenters. The molecule has 0 aliphatic carbocycles. The number of fused-ring (bicyclic) bond motifs is 4. The molecule has 2 bridgehead atoms. The molecular formula is C34H33N3O4. The van der Waals surface area contributed by atoms with Crippen LogP contribution in [0.5, 0.6) is 11.5 Å². The highest BCUT2D eigenvalue weighted by Crippen LogP contribution is 2.49. The molecule has 2 aliphatic rings. The van der Waals surface area contributed by atoms with Gasteiger partial charge in [0.15, 0.2) is 17.2 Å². The lowest BCUT2D eigenvalue weighted by molar-refractivity contribution is 0.0338. The summed E-state index contributed by atoms with van der Waals surface area (Å²) in [5.41, 5.74) is 3.29. The van der Waals surface area contributed by atoms with E-state index in [1.165, 1.54) is 5.56 Å². The summed E-state index contributed by atoms with van der Waals surface area (Å²) in [5.74, 6) is 1.08. The Hall–Kier alpha value is -4.78. The number of hydrogen-bond donors (Lipinski definition) is 2. The lowest BCUT2D eigenvalue weighted by Crippen LogP contribution is -2.65. The number of rotatable bonds is 9. The largest absolute Gasteiger partial charge is 0.485 e. The van der Waals surface area contributed by atoms with Gasteiger partial charge < -0.3 is 20.1 Å². The third-order valence-electron chi connectivity index (χ3n) is 7.64. The molecule has 7 nitrogen and oxygen atoms in total. The fraction of sp³-hybridized carbons (Fsp3) is 0.235. The topological polar surface area (TPSA) is 79.9 Å². The Bertz CT molecular complexity index is 1540. The minimum atomic E-state index is -0.975. The van der Waals surface area contributed by atoms with E-state index in [1.807, 2.05) is 79.7 Å². The number of urea groups is 1. The third kappa shape index (κ3) is 5.61. The maximum absolute atomic E-state index is 13.4. The molecule has 208 valence electrons. The fourth-order valence-electron chi connectivity index (χ4n) is 5.63. The molecule has 0 saturated carbocycles. The Balaban J connectivity index is 1.18. The minimum absolute atomic E-state index is 0.174. The van der Waals surface area contributed by atoms with Crippen molar-refractivity contribution in [3.63, 3.8) is 0 Å². The van der Waals surface area contributed by atoms with E-state index in [2.05, 4.69) is 22.8 Å². The minimum Gasteiger partial charge on any atom is -0.485 e. The van der Waals surface area contributed by atoms with Crippen molar-refractivity contribution < 1.29 is 19.1 Å². The highest BCUT2D eigenvalue weighted by Gasteiger charge is 2.50. The number of aryl methyl sites for hydroxylation is 1. The first-order chi connectivity index (χ1) is 20.0. The van der Waals surface area contributed by atoms with Crippen LogP contribution in [-0.4, -0.2) is 24.2 Å². The monoisotopic (exact) mass is 547 g/mol. The number of anilines is 1. The molecule has 41 heavy (non-hydrogen) atoms. The molecule has 7 heteroatoms. The molecular weight excluding hydrogens is 514 g/mol. The summed E-state index contributed by atoms with van der Waals surface area (Å²) >= 11 is 0. The average Bonchev–Trinajstić information content (AvgIpc) is 2.99. The molecule has 4 aromatic rings. The Kier molecular flexibility index (Phi) is 7.33. The van der Waals surface area contributed by atoms with Crippen molar-refractivity contribution in [3.8, 4) is 11.5 Å². The number of hydrogen-bond acceptors (Lipinski definition) is 4. The van der Waals surface area contributed by atoms with Crippen molar-refractivity contribution in [2.75, 3.05) is 11.4 Å². The van der Waals surface area contributed by atoms with E-state index in [0.717, 1.165) is 24.0 Å². The number of benzene rings is 4. The molecule has 4 aromatic carbocycles. The summed E-state index contributed by atoms with van der Waals surface area (Å²) in [6.07, 6.45) is 2.28. The SMILES string of the molecule is CC12CC(NC(=O)N1c1cccc(C(=O)NCCCc3ccccc3)c1)c1cccc(OCc3ccccc3)c1O2. The lowest BCUT2D eigenvalue weighted by atomic mass is 9.89. The maximum Gasteiger partial charge on any atom is 0.325 e. The molecule has 1 fully saturated rings. The van der Waals surface area contributed by atoms with Crippen LogP contribution in [0.15, 0.2) is 103 Å². The van der Waals surface area contributed by atoms with E-state index in [4.69, 9.17) is 9.47 Å². The predicted octanol–water partition coefficient (Wildman–Crippen LogP) is 6.40. The van der Waals surface area contributed by atoms with E-state index < -0.39 is 5.72 Å². The van der Waals surface area contributed by atoms with Crippen molar-refractivity contribution in [3.05, 3.63) is 125 Å². The molecule has 3 amide bonds. The van der Waals surface area contributed by atoms with Gasteiger partial charge in [0.2, 0.25) is 0 Å². The standard InChI is InChI=1S/C34H33N3O4/c1-34-22-29(28-18-9-19-30(31(28)41-34)40-23-25-13-6-3-7-14-25)36-33(39)37(34)27-17-8-16-26(21-27)32(38)35-20-10-15-24-11-4-2-5-12-24/h2-9,11-14,16-19,21,29H,10,15,20,22-23H2,1H3,(H,35,38)(H,36,39). The molecule has 2 aliphatic heterocycles. The number of ether oxygens (including phenoxy) is 2. The van der Waals surface area contributed by atoms with Crippen LogP contribution in [-0.2, 0) is 13.0 Å². The smallest absolute Gasteiger partial charge is 0.325 e. The number of nitrogens with zero attached hydrogens (tertiary/aromatic N) is 1. The number of nitrogens with one attached hydrogen (secondary N) is 2. The van der Waals surface area contributed by atoms with Gasteiger partial charge in [-0.2, -0.15) is 0 Å². The third-order valence-corrected chi connectivity index (χ3v) is 7.64. The molecule has 6 rings (SSSR count). The Morgan fingerprint density at radius 2 is 1.71 bits per heavy atom. The molecule has 2 heterocycles. The maximum atomic E-state index is 13.4. The number of para-hydroxylation sites is 1. The summed E-state index contributed by atoms with van der Waals surface area (Å²) in [5, 5.41) is 6.14. The van der Waals surface area contributed by atoms with Gasteiger partial charge in [0, 0.05) is 24.1 Å². The van der Waals surface area contributed by atoms with Crippen molar-refractivity contribution >= 4 is 17.6 Å². The van der Waals surface area contributed by atoms with E-state index >= 15 is 0 Å². The summed E-state index contributed by atoms with van der Waals surface area (Å²) < 4.78 is 12.8. The van der Waals surface area contributed by atoms with Crippen LogP contribution in [0, 0.1) is 0 Å². The van der Waals surface area contributed by atoms with Crippen LogP contribution in [0.1, 0.15) is 52.9 Å². The number of carbonyl (C=O) groups is 2. The zero-order valence-corrected chi connectivity index (χ0v) is 23.0. The Morgan fingerprint density at radius 3 is 2.49 bits per heavy atom. The highest BCUT2D eigenvalue weighted by molar-refractivity contribution is 5.99. The zero-order chi connectivity index (χ0) is 28.2. The molecule has 1 saturated heterocycles. The van der Waals surface area contributed by atoms with Crippen LogP contribution in [0.3, 0.4) is 0 Å². The number of amides is 3. The molecule has 0 spiro atoms. The first-order valence-electron chi connectivity index (χ1n) is 14.0. The normalized spacial score (nSPS) is 19.0. The summed E-state index contributed by atoms with van der Waals surface area (Å²) in [6, 6.07) is 32.6. The van der Waals surface area contributed by atoms with Gasteiger partial charge in [0.05, 0.1) is 11.7 Å². The van der Waals surface area contributed by atoms with Crippen molar-refractivity contribution in [2.24, 2.45) is 0 Å². The van der Waals surface area contributed by atoms with Crippen molar-refractivity contribution in [1.29, 1.82) is 0 Å². The van der Waals surface area contributed by atoms with Gasteiger partial charge in [0.25, 0.3) is 5.91 Å². The molecule has 0 radical (unpaired) electrons. The van der Waals surface area contributed by atoms with E-state index in [-0.39, 0.29) is 18.0 Å². The summed E-state index contributed by atoms with van der Waals surface area (Å²) in [6.45, 7) is 2.87. The van der Waals surface area contributed by atoms with Crippen LogP contribution in [0.4, 0.5) is 10.5 Å². The van der Waals surface area contributed by atoms with Gasteiger partial charge in [-0.1, -0.05) is 78.9 Å². The highest BCUT2D eigenvalue weighted by atomic mass is 16.5. The average molecular weight is 548 g/mol. The second-order valence-corrected chi connectivity index (χ2v) is 10.7. The van der Waals surface area contributed by atoms with Crippen molar-refractivity contribution in [1.82, 2.24) is 10.6 Å². The molecule has 2 N–H and O–H groups in total. The molecule has 0 aromatic heterocycles. The van der Waals surface area contributed by atoms with E-state index in [0.29, 0.717) is 42.3 Å². The Labute approximate surface area is 240 Å². The lowest BCUT2D eigenvalue weighted by Gasteiger charge is -2.50. The summed E-state index contributed by atoms with van der Waals surface area (Å²) in [7, 11) is 0. The van der Waals surface area contributed by atoms with Crippen molar-refractivity contribution in [2.45, 2.75) is 44.6 Å². The second kappa shape index (κ2) is 11.4. The van der Waals surface area contributed by atoms with Gasteiger partial charge in [-0.3, -0.25) is 9.69 Å². The quantitative estimate of drug-likeness (QED) is 0.238. The van der Waals surface area contributed by atoms with Gasteiger partial charge >= 0.3 is 6.03 Å². The second-order valence-electron chi connectivity index (χ2n) is 10.7. The van der Waals surface area contributed by atoms with E-state index in [9.17, 15) is 9.59 Å². The zero-order valence-electron chi connectivity index (χ0n) is 23.0. The van der Waals surface area contributed by atoms with E-state index in [1.54, 1.807) is 23.1 Å². The van der Waals surface area contributed by atoms with Crippen LogP contribution in [0.2, 0.25) is 0 Å². The Morgan fingerprint density at radius 1 is 0.976 bits per heavy atom. The fourth-order valence-corrected chi connectivity index (χ4v) is 5.63.